The van der Waals surface area contributed by atoms with Gasteiger partial charge in [-0.25, -0.2) is 0 Å². The van der Waals surface area contributed by atoms with Crippen molar-refractivity contribution in [1.29, 1.82) is 5.26 Å². The van der Waals surface area contributed by atoms with Crippen molar-refractivity contribution in [2.45, 2.75) is 78.1 Å². The molecule has 0 aromatic rings. The van der Waals surface area contributed by atoms with Crippen molar-refractivity contribution in [3.8, 4) is 6.07 Å². The lowest BCUT2D eigenvalue weighted by Crippen LogP contribution is -2.44. The van der Waals surface area contributed by atoms with E-state index in [1.54, 1.807) is 0 Å². The summed E-state index contributed by atoms with van der Waals surface area (Å²) in [5.41, 5.74) is 0.811. The predicted octanol–water partition coefficient (Wildman–Crippen LogP) is 4.73. The van der Waals surface area contributed by atoms with E-state index in [9.17, 15) is 0 Å². The Kier molecular flexibility index (Phi) is 3.88. The number of unbranched alkanes of at least 4 members (excludes halogenated alkanes) is 1. The fourth-order valence-corrected chi connectivity index (χ4v) is 6.62. The fraction of sp³-hybridized carbons (Fsp3) is 0.938. The Morgan fingerprint density at radius 1 is 1.32 bits per heavy atom. The average Bonchev–Trinajstić information content (AvgIpc) is 2.62. The molecule has 0 aromatic carbocycles. The van der Waals surface area contributed by atoms with E-state index >= 15 is 0 Å². The molecule has 2 bridgehead atoms. The van der Waals surface area contributed by atoms with E-state index in [1.165, 1.54) is 19.3 Å². The van der Waals surface area contributed by atoms with E-state index < -0.39 is 8.32 Å². The van der Waals surface area contributed by atoms with Crippen molar-refractivity contribution >= 4 is 8.32 Å². The first kappa shape index (κ1) is 15.1. The first-order valence-electron chi connectivity index (χ1n) is 7.78. The van der Waals surface area contributed by atoms with Gasteiger partial charge in [0.15, 0.2) is 8.32 Å². The lowest BCUT2D eigenvalue weighted by molar-refractivity contribution is 0.0241. The smallest absolute Gasteiger partial charge is 0.187 e. The third-order valence-electron chi connectivity index (χ3n) is 6.24. The van der Waals surface area contributed by atoms with Crippen molar-refractivity contribution in [2.75, 3.05) is 0 Å². The number of fused-ring (bicyclic) bond motifs is 2. The van der Waals surface area contributed by atoms with Crippen LogP contribution in [0, 0.1) is 28.1 Å². The summed E-state index contributed by atoms with van der Waals surface area (Å²) in [7, 11) is -1.60. The topological polar surface area (TPSA) is 33.0 Å². The second-order valence-corrected chi connectivity index (χ2v) is 12.2. The molecule has 0 heterocycles. The molecule has 0 N–H and O–H groups in total. The van der Waals surface area contributed by atoms with E-state index in [4.69, 9.17) is 9.69 Å². The first-order valence-corrected chi connectivity index (χ1v) is 10.9. The third kappa shape index (κ3) is 2.50. The van der Waals surface area contributed by atoms with Crippen molar-refractivity contribution in [2.24, 2.45) is 16.7 Å². The molecule has 2 fully saturated rings. The molecular formula is C16H29NOSi. The minimum absolute atomic E-state index is 0.372. The van der Waals surface area contributed by atoms with Crippen LogP contribution in [0.3, 0.4) is 0 Å². The number of nitrogens with zero attached hydrogens (tertiary/aromatic N) is 1. The monoisotopic (exact) mass is 279 g/mol. The SMILES string of the molecule is CC1(C)C2CCC1(C)C(O[Si](C)(C)CCCC#N)C2. The highest BCUT2D eigenvalue weighted by Crippen LogP contribution is 2.66. The normalized spacial score (nSPS) is 36.4. The molecule has 108 valence electrons. The number of hydrogen-bond donors (Lipinski definition) is 0. The molecular weight excluding hydrogens is 250 g/mol. The minimum atomic E-state index is -1.60. The molecule has 2 aliphatic carbocycles. The highest BCUT2D eigenvalue weighted by molar-refractivity contribution is 6.71. The highest BCUT2D eigenvalue weighted by atomic mass is 28.4. The molecule has 19 heavy (non-hydrogen) atoms. The quantitative estimate of drug-likeness (QED) is 0.538. The molecule has 3 atom stereocenters. The van der Waals surface area contributed by atoms with Crippen molar-refractivity contribution in [3.05, 3.63) is 0 Å². The highest BCUT2D eigenvalue weighted by Gasteiger charge is 2.62. The zero-order valence-electron chi connectivity index (χ0n) is 13.3. The van der Waals surface area contributed by atoms with Crippen molar-refractivity contribution in [1.82, 2.24) is 0 Å². The number of hydrogen-bond acceptors (Lipinski definition) is 2. The van der Waals surface area contributed by atoms with Gasteiger partial charge in [-0.15, -0.1) is 0 Å². The number of nitriles is 1. The molecule has 3 unspecified atom stereocenters. The Morgan fingerprint density at radius 2 is 2.00 bits per heavy atom. The van der Waals surface area contributed by atoms with Crippen LogP contribution in [0.2, 0.25) is 19.1 Å². The summed E-state index contributed by atoms with van der Waals surface area (Å²) in [6.07, 6.45) is 6.13. The van der Waals surface area contributed by atoms with Crippen LogP contribution in [0.5, 0.6) is 0 Å². The minimum Gasteiger partial charge on any atom is -0.414 e. The first-order chi connectivity index (χ1) is 8.73. The molecule has 2 nitrogen and oxygen atoms in total. The van der Waals surface area contributed by atoms with Crippen molar-refractivity contribution in [3.63, 3.8) is 0 Å². The third-order valence-corrected chi connectivity index (χ3v) is 8.72. The maximum atomic E-state index is 8.67. The second-order valence-electron chi connectivity index (χ2n) is 7.99. The van der Waals surface area contributed by atoms with Gasteiger partial charge in [0.25, 0.3) is 0 Å². The Hall–Kier alpha value is -0.333. The standard InChI is InChI=1S/C16H29NOSi/c1-15(2)13-8-9-16(15,3)14(12-13)18-19(4,5)11-7-6-10-17/h13-14H,6-9,11-12H2,1-5H3. The van der Waals surface area contributed by atoms with E-state index in [0.717, 1.165) is 18.4 Å². The summed E-state index contributed by atoms with van der Waals surface area (Å²) in [6, 6.07) is 3.37. The van der Waals surface area contributed by atoms with Crippen LogP contribution in [0.1, 0.15) is 52.9 Å². The zero-order chi connectivity index (χ0) is 14.3. The summed E-state index contributed by atoms with van der Waals surface area (Å²) in [5.74, 6) is 0.853. The second kappa shape index (κ2) is 4.89. The van der Waals surface area contributed by atoms with E-state index in [-0.39, 0.29) is 0 Å². The molecule has 0 radical (unpaired) electrons. The molecule has 2 saturated carbocycles. The van der Waals surface area contributed by atoms with Gasteiger partial charge in [-0.05, 0) is 61.6 Å². The fourth-order valence-electron chi connectivity index (χ4n) is 4.35. The maximum absolute atomic E-state index is 8.67. The van der Waals surface area contributed by atoms with Crippen molar-refractivity contribution < 1.29 is 4.43 Å². The number of rotatable bonds is 5. The van der Waals surface area contributed by atoms with Gasteiger partial charge in [-0.1, -0.05) is 20.8 Å². The summed E-state index contributed by atoms with van der Waals surface area (Å²) < 4.78 is 6.65. The maximum Gasteiger partial charge on any atom is 0.187 e. The average molecular weight is 279 g/mol. The molecule has 3 heteroatoms. The molecule has 0 saturated heterocycles. The van der Waals surface area contributed by atoms with Crippen LogP contribution in [0.15, 0.2) is 0 Å². The predicted molar refractivity (Wildman–Crippen MR) is 81.2 cm³/mol. The van der Waals surface area contributed by atoms with Crippen LogP contribution in [0.25, 0.3) is 0 Å². The summed E-state index contributed by atoms with van der Waals surface area (Å²) >= 11 is 0. The largest absolute Gasteiger partial charge is 0.414 e. The van der Waals surface area contributed by atoms with Crippen LogP contribution >= 0.6 is 0 Å². The van der Waals surface area contributed by atoms with E-state index in [0.29, 0.717) is 23.4 Å². The molecule has 2 rings (SSSR count). The van der Waals surface area contributed by atoms with Crippen LogP contribution in [-0.2, 0) is 4.43 Å². The van der Waals surface area contributed by atoms with E-state index in [1.807, 2.05) is 0 Å². The molecule has 2 aliphatic rings. The Morgan fingerprint density at radius 3 is 2.47 bits per heavy atom. The lowest BCUT2D eigenvalue weighted by Gasteiger charge is -2.42. The summed E-state index contributed by atoms with van der Waals surface area (Å²) in [6.45, 7) is 12.0. The lowest BCUT2D eigenvalue weighted by atomic mass is 9.70. The van der Waals surface area contributed by atoms with Gasteiger partial charge in [0, 0.05) is 6.42 Å². The van der Waals surface area contributed by atoms with Crippen LogP contribution in [0.4, 0.5) is 0 Å². The molecule has 0 aliphatic heterocycles. The Labute approximate surface area is 119 Å². The van der Waals surface area contributed by atoms with Gasteiger partial charge in [-0.3, -0.25) is 0 Å². The molecule has 0 amide bonds. The summed E-state index contributed by atoms with van der Waals surface area (Å²) in [4.78, 5) is 0. The Balaban J connectivity index is 2.00. The summed E-state index contributed by atoms with van der Waals surface area (Å²) in [5, 5.41) is 8.67. The van der Waals surface area contributed by atoms with Gasteiger partial charge in [0.05, 0.1) is 12.2 Å². The van der Waals surface area contributed by atoms with Gasteiger partial charge in [-0.2, -0.15) is 5.26 Å². The zero-order valence-corrected chi connectivity index (χ0v) is 14.3. The van der Waals surface area contributed by atoms with Crippen LogP contribution in [-0.4, -0.2) is 14.4 Å². The van der Waals surface area contributed by atoms with Gasteiger partial charge < -0.3 is 4.43 Å². The Bertz CT molecular complexity index is 385. The van der Waals surface area contributed by atoms with E-state index in [2.05, 4.69) is 39.9 Å². The molecule has 0 aromatic heterocycles. The van der Waals surface area contributed by atoms with Crippen LogP contribution < -0.4 is 0 Å². The van der Waals surface area contributed by atoms with Gasteiger partial charge >= 0.3 is 0 Å². The van der Waals surface area contributed by atoms with Gasteiger partial charge in [0.2, 0.25) is 0 Å². The molecule has 0 spiro atoms. The van der Waals surface area contributed by atoms with Gasteiger partial charge in [0.1, 0.15) is 0 Å².